The van der Waals surface area contributed by atoms with Crippen molar-refractivity contribution in [2.75, 3.05) is 25.5 Å². The molecule has 1 aliphatic rings. The zero-order valence-electron chi connectivity index (χ0n) is 28.4. The zero-order valence-corrected chi connectivity index (χ0v) is 29.9. The Bertz CT molecular complexity index is 2200. The standard InChI is InChI=1S/C40H38ClN5O3.ClH/c1-26-19-30(39(48)46(32-10-13-35(47)14-11-32)33-12-16-37-28(21-33)17-18-43(37)4)24-44(26)38-22-31(41)9-15-36(38)40(49)45-23-29-8-6-5-7-27(29)20-34(45)25-42(2)3;/h5-19,21-22,24,34,47H,20,23,25H2,1-4H3;1H/t34-;/m0./s1. The number of fused-ring (bicyclic) bond motifs is 2. The van der Waals surface area contributed by atoms with Gasteiger partial charge >= 0.3 is 0 Å². The molecule has 0 spiro atoms. The maximum absolute atomic E-state index is 14.5. The summed E-state index contributed by atoms with van der Waals surface area (Å²) in [4.78, 5) is 34.8. The summed E-state index contributed by atoms with van der Waals surface area (Å²) >= 11 is 6.57. The van der Waals surface area contributed by atoms with Gasteiger partial charge in [0, 0.05) is 71.6 Å². The molecule has 10 heteroatoms. The number of phenols is 1. The van der Waals surface area contributed by atoms with Crippen LogP contribution in [0.1, 0.15) is 37.5 Å². The predicted molar refractivity (Wildman–Crippen MR) is 203 cm³/mol. The van der Waals surface area contributed by atoms with Crippen LogP contribution in [0.2, 0.25) is 5.02 Å². The van der Waals surface area contributed by atoms with Crippen molar-refractivity contribution in [3.05, 3.63) is 142 Å². The van der Waals surface area contributed by atoms with Crippen LogP contribution in [-0.2, 0) is 20.0 Å². The fourth-order valence-electron chi connectivity index (χ4n) is 6.92. The Balaban J connectivity index is 0.00000432. The molecule has 3 heterocycles. The van der Waals surface area contributed by atoms with Crippen molar-refractivity contribution in [3.63, 3.8) is 0 Å². The molecule has 0 saturated carbocycles. The quantitative estimate of drug-likeness (QED) is 0.182. The number of rotatable bonds is 7. The molecule has 50 heavy (non-hydrogen) atoms. The maximum atomic E-state index is 14.5. The minimum absolute atomic E-state index is 0. The largest absolute Gasteiger partial charge is 0.508 e. The first-order chi connectivity index (χ1) is 23.6. The lowest BCUT2D eigenvalue weighted by Gasteiger charge is -2.38. The molecule has 0 radical (unpaired) electrons. The lowest BCUT2D eigenvalue weighted by molar-refractivity contribution is 0.0606. The number of anilines is 2. The molecule has 1 aliphatic heterocycles. The summed E-state index contributed by atoms with van der Waals surface area (Å²) in [6, 6.07) is 29.9. The van der Waals surface area contributed by atoms with Crippen molar-refractivity contribution in [3.8, 4) is 11.4 Å². The fourth-order valence-corrected chi connectivity index (χ4v) is 7.09. The Morgan fingerprint density at radius 3 is 2.36 bits per heavy atom. The lowest BCUT2D eigenvalue weighted by Crippen LogP contribution is -2.49. The van der Waals surface area contributed by atoms with Gasteiger partial charge in [-0.05, 0) is 111 Å². The van der Waals surface area contributed by atoms with Crippen LogP contribution in [0.15, 0.2) is 109 Å². The number of carbonyl (C=O) groups is 2. The number of hydrogen-bond acceptors (Lipinski definition) is 4. The summed E-state index contributed by atoms with van der Waals surface area (Å²) in [5.74, 6) is -0.230. The number of aromatic nitrogens is 2. The van der Waals surface area contributed by atoms with Gasteiger partial charge in [0.1, 0.15) is 5.75 Å². The van der Waals surface area contributed by atoms with Crippen LogP contribution < -0.4 is 4.90 Å². The topological polar surface area (TPSA) is 73.9 Å². The number of benzene rings is 4. The molecule has 1 atom stereocenters. The number of likely N-dealkylation sites (N-methyl/N-ethyl adjacent to an activating group) is 1. The Morgan fingerprint density at radius 2 is 1.62 bits per heavy atom. The van der Waals surface area contributed by atoms with Gasteiger partial charge in [-0.25, -0.2) is 0 Å². The number of phenolic OH excluding ortho intramolecular Hbond substituents is 1. The summed E-state index contributed by atoms with van der Waals surface area (Å²) in [6.07, 6.45) is 4.53. The first-order valence-electron chi connectivity index (χ1n) is 16.3. The van der Waals surface area contributed by atoms with Crippen LogP contribution in [0.4, 0.5) is 11.4 Å². The predicted octanol–water partition coefficient (Wildman–Crippen LogP) is 8.17. The Labute approximate surface area is 303 Å². The molecule has 0 bridgehead atoms. The fraction of sp³-hybridized carbons (Fsp3) is 0.200. The molecule has 0 unspecified atom stereocenters. The third-order valence-corrected chi connectivity index (χ3v) is 9.57. The number of aryl methyl sites for hydroxylation is 2. The summed E-state index contributed by atoms with van der Waals surface area (Å²) in [6.45, 7) is 3.15. The number of amides is 2. The van der Waals surface area contributed by atoms with Crippen molar-refractivity contribution in [2.45, 2.75) is 25.9 Å². The zero-order chi connectivity index (χ0) is 34.4. The number of carbonyl (C=O) groups excluding carboxylic acids is 2. The average Bonchev–Trinajstić information content (AvgIpc) is 3.66. The van der Waals surface area contributed by atoms with Crippen LogP contribution in [0, 0.1) is 6.92 Å². The van der Waals surface area contributed by atoms with E-state index in [0.717, 1.165) is 35.1 Å². The maximum Gasteiger partial charge on any atom is 0.264 e. The van der Waals surface area contributed by atoms with Crippen LogP contribution >= 0.6 is 24.0 Å². The molecule has 6 aromatic rings. The highest BCUT2D eigenvalue weighted by molar-refractivity contribution is 6.31. The van der Waals surface area contributed by atoms with E-state index in [1.54, 1.807) is 53.6 Å². The minimum Gasteiger partial charge on any atom is -0.508 e. The number of nitrogens with zero attached hydrogens (tertiary/aromatic N) is 5. The van der Waals surface area contributed by atoms with Crippen molar-refractivity contribution in [1.82, 2.24) is 18.9 Å². The molecule has 8 nitrogen and oxygen atoms in total. The van der Waals surface area contributed by atoms with Gasteiger partial charge in [0.2, 0.25) is 0 Å². The van der Waals surface area contributed by atoms with Crippen LogP contribution in [0.25, 0.3) is 16.6 Å². The van der Waals surface area contributed by atoms with Gasteiger partial charge in [-0.3, -0.25) is 14.5 Å². The molecule has 0 fully saturated rings. The molecule has 256 valence electrons. The first kappa shape index (κ1) is 34.8. The van der Waals surface area contributed by atoms with Crippen molar-refractivity contribution >= 4 is 58.1 Å². The highest BCUT2D eigenvalue weighted by Crippen LogP contribution is 2.34. The normalized spacial score (nSPS) is 14.0. The van der Waals surface area contributed by atoms with Gasteiger partial charge in [0.15, 0.2) is 0 Å². The second-order valence-electron chi connectivity index (χ2n) is 13.1. The van der Waals surface area contributed by atoms with Crippen LogP contribution in [0.5, 0.6) is 5.75 Å². The smallest absolute Gasteiger partial charge is 0.264 e. The summed E-state index contributed by atoms with van der Waals surface area (Å²) < 4.78 is 3.91. The lowest BCUT2D eigenvalue weighted by atomic mass is 9.93. The molecule has 2 aromatic heterocycles. The Hall–Kier alpha value is -5.02. The monoisotopic (exact) mass is 707 g/mol. The van der Waals surface area contributed by atoms with Crippen molar-refractivity contribution in [1.29, 1.82) is 0 Å². The van der Waals surface area contributed by atoms with E-state index in [4.69, 9.17) is 11.6 Å². The van der Waals surface area contributed by atoms with Gasteiger partial charge in [0.05, 0.1) is 16.8 Å². The second-order valence-corrected chi connectivity index (χ2v) is 13.5. The van der Waals surface area contributed by atoms with E-state index in [1.807, 2.05) is 84.7 Å². The summed E-state index contributed by atoms with van der Waals surface area (Å²) in [7, 11) is 6.04. The highest BCUT2D eigenvalue weighted by atomic mass is 35.5. The van der Waals surface area contributed by atoms with Gasteiger partial charge in [-0.15, -0.1) is 12.4 Å². The van der Waals surface area contributed by atoms with Crippen molar-refractivity contribution in [2.24, 2.45) is 7.05 Å². The molecule has 0 aliphatic carbocycles. The second kappa shape index (κ2) is 14.1. The van der Waals surface area contributed by atoms with E-state index in [2.05, 4.69) is 23.1 Å². The summed E-state index contributed by atoms with van der Waals surface area (Å²) in [5, 5.41) is 11.5. The van der Waals surface area contributed by atoms with Crippen LogP contribution in [-0.4, -0.2) is 62.5 Å². The number of halogens is 2. The van der Waals surface area contributed by atoms with Gasteiger partial charge in [0.25, 0.3) is 11.8 Å². The molecule has 7 rings (SSSR count). The number of hydrogen-bond donors (Lipinski definition) is 1. The highest BCUT2D eigenvalue weighted by Gasteiger charge is 2.32. The van der Waals surface area contributed by atoms with Crippen molar-refractivity contribution < 1.29 is 14.7 Å². The van der Waals surface area contributed by atoms with Gasteiger partial charge in [-0.1, -0.05) is 35.9 Å². The van der Waals surface area contributed by atoms with E-state index < -0.39 is 0 Å². The minimum atomic E-state index is -0.253. The van der Waals surface area contributed by atoms with E-state index in [-0.39, 0.29) is 36.0 Å². The third-order valence-electron chi connectivity index (χ3n) is 9.34. The van der Waals surface area contributed by atoms with E-state index in [1.165, 1.54) is 5.56 Å². The Morgan fingerprint density at radius 1 is 0.900 bits per heavy atom. The van der Waals surface area contributed by atoms with E-state index >= 15 is 0 Å². The molecular weight excluding hydrogens is 669 g/mol. The Kier molecular flexibility index (Phi) is 9.80. The third kappa shape index (κ3) is 6.62. The first-order valence-corrected chi connectivity index (χ1v) is 16.6. The molecule has 4 aromatic carbocycles. The molecule has 2 amide bonds. The van der Waals surface area contributed by atoms with E-state index in [0.29, 0.717) is 39.8 Å². The van der Waals surface area contributed by atoms with Crippen LogP contribution in [0.3, 0.4) is 0 Å². The van der Waals surface area contributed by atoms with Gasteiger partial charge < -0.3 is 24.0 Å². The van der Waals surface area contributed by atoms with E-state index in [9.17, 15) is 14.7 Å². The number of aromatic hydroxyl groups is 1. The molecular formula is C40H39Cl2N5O3. The van der Waals surface area contributed by atoms with Gasteiger partial charge in [-0.2, -0.15) is 0 Å². The SMILES string of the molecule is Cc1cc(C(=O)N(c2ccc(O)cc2)c2ccc3c(ccn3C)c2)cn1-c1cc(Cl)ccc1C(=O)N1Cc2ccccc2C[C@H]1CN(C)C.Cl. The summed E-state index contributed by atoms with van der Waals surface area (Å²) in [5.41, 5.74) is 7.10. The molecule has 0 saturated heterocycles. The molecule has 1 N–H and O–H groups in total. The average molecular weight is 709 g/mol.